The molecule has 3 aromatic rings. The second-order valence-corrected chi connectivity index (χ2v) is 5.08. The van der Waals surface area contributed by atoms with Gasteiger partial charge in [-0.05, 0) is 36.4 Å². The van der Waals surface area contributed by atoms with E-state index in [0.717, 1.165) is 12.1 Å². The number of aliphatic hydroxyl groups is 2. The summed E-state index contributed by atoms with van der Waals surface area (Å²) in [7, 11) is 0. The van der Waals surface area contributed by atoms with Crippen molar-refractivity contribution in [2.24, 2.45) is 0 Å². The van der Waals surface area contributed by atoms with Gasteiger partial charge in [-0.3, -0.25) is 4.79 Å². The number of carboxylic acids is 3. The molecule has 0 aliphatic carbocycles. The van der Waals surface area contributed by atoms with Crippen LogP contribution in [0, 0.1) is 0 Å². The highest BCUT2D eigenvalue weighted by molar-refractivity contribution is 5.89. The van der Waals surface area contributed by atoms with E-state index < -0.39 is 17.9 Å². The smallest absolute Gasteiger partial charge is 0.371 e. The first kappa shape index (κ1) is 23.9. The third-order valence-corrected chi connectivity index (χ3v) is 3.01. The van der Waals surface area contributed by atoms with Crippen LogP contribution in [0.1, 0.15) is 53.7 Å². The molecule has 160 valence electrons. The molecule has 3 aromatic heterocycles. The molecule has 0 aromatic carbocycles. The lowest BCUT2D eigenvalue weighted by molar-refractivity contribution is 0.0625. The van der Waals surface area contributed by atoms with Crippen LogP contribution in [0.25, 0.3) is 0 Å². The number of aromatic carboxylic acids is 3. The van der Waals surface area contributed by atoms with Gasteiger partial charge in [0.15, 0.2) is 12.0 Å². The number of hydrogen-bond acceptors (Lipinski definition) is 9. The molecule has 0 spiro atoms. The van der Waals surface area contributed by atoms with Crippen molar-refractivity contribution in [3.05, 3.63) is 71.0 Å². The Morgan fingerprint density at radius 1 is 0.667 bits per heavy atom. The molecule has 0 amide bonds. The van der Waals surface area contributed by atoms with Gasteiger partial charge in [-0.15, -0.1) is 0 Å². The Labute approximate surface area is 167 Å². The minimum atomic E-state index is -1.28. The van der Waals surface area contributed by atoms with Crippen molar-refractivity contribution in [1.82, 2.24) is 0 Å². The number of aliphatic hydroxyl groups excluding tert-OH is 2. The molecule has 0 unspecified atom stereocenters. The van der Waals surface area contributed by atoms with Gasteiger partial charge in [0.1, 0.15) is 24.7 Å². The molecule has 12 nitrogen and oxygen atoms in total. The van der Waals surface area contributed by atoms with E-state index in [-0.39, 0.29) is 42.0 Å². The molecule has 3 heterocycles. The topological polar surface area (TPSA) is 209 Å². The summed E-state index contributed by atoms with van der Waals surface area (Å²) >= 11 is 0. The van der Waals surface area contributed by atoms with E-state index >= 15 is 0 Å². The average Bonchev–Trinajstić information content (AvgIpc) is 3.48. The van der Waals surface area contributed by atoms with Crippen molar-refractivity contribution in [3.63, 3.8) is 0 Å². The quantitative estimate of drug-likeness (QED) is 0.358. The van der Waals surface area contributed by atoms with Crippen molar-refractivity contribution in [1.29, 1.82) is 0 Å². The van der Waals surface area contributed by atoms with Gasteiger partial charge in [0.2, 0.25) is 17.3 Å². The monoisotopic (exact) mass is 424 g/mol. The van der Waals surface area contributed by atoms with Gasteiger partial charge in [-0.25, -0.2) is 14.4 Å². The molecule has 5 N–H and O–H groups in total. The van der Waals surface area contributed by atoms with Crippen LogP contribution in [-0.2, 0) is 13.2 Å². The molecule has 3 rings (SSSR count). The van der Waals surface area contributed by atoms with Gasteiger partial charge in [0.05, 0.1) is 0 Å². The Morgan fingerprint density at radius 2 is 1.07 bits per heavy atom. The predicted molar refractivity (Wildman–Crippen MR) is 94.2 cm³/mol. The largest absolute Gasteiger partial charge is 0.475 e. The van der Waals surface area contributed by atoms with E-state index in [1.165, 1.54) is 18.2 Å². The van der Waals surface area contributed by atoms with Crippen molar-refractivity contribution >= 4 is 24.2 Å². The first-order valence-corrected chi connectivity index (χ1v) is 7.85. The highest BCUT2D eigenvalue weighted by Crippen LogP contribution is 2.07. The van der Waals surface area contributed by atoms with Crippen LogP contribution in [-0.4, -0.2) is 49.7 Å². The van der Waals surface area contributed by atoms with Crippen LogP contribution in [0.5, 0.6) is 0 Å². The molecule has 0 aliphatic heterocycles. The highest BCUT2D eigenvalue weighted by atomic mass is 16.4. The van der Waals surface area contributed by atoms with Gasteiger partial charge in [-0.1, -0.05) is 0 Å². The van der Waals surface area contributed by atoms with E-state index in [4.69, 9.17) is 29.9 Å². The standard InChI is InChI=1S/C6H4O5.C6H6O4.C6H6O3/c7-5(8)3-1-2-4(11-3)6(9)10;7-3-4-1-2-5(10-4)6(8)9;7-3-5-1-2-6(4-8)9-5/h1-2H,(H,7,8)(H,9,10);1-2,7H,3H2,(H,8,9);1-3,8H,4H2. The minimum absolute atomic E-state index is 0.149. The molecular formula is C18H16O12. The van der Waals surface area contributed by atoms with Crippen LogP contribution in [0.2, 0.25) is 0 Å². The number of aldehydes is 1. The fraction of sp³-hybridized carbons (Fsp3) is 0.111. The first-order valence-electron chi connectivity index (χ1n) is 7.85. The second-order valence-electron chi connectivity index (χ2n) is 5.08. The number of furan rings is 3. The van der Waals surface area contributed by atoms with Crippen LogP contribution in [0.15, 0.2) is 49.6 Å². The van der Waals surface area contributed by atoms with E-state index in [0.29, 0.717) is 12.0 Å². The molecule has 0 radical (unpaired) electrons. The van der Waals surface area contributed by atoms with Gasteiger partial charge in [0.25, 0.3) is 0 Å². The van der Waals surface area contributed by atoms with Crippen LogP contribution in [0.3, 0.4) is 0 Å². The Kier molecular flexibility index (Phi) is 9.26. The Morgan fingerprint density at radius 3 is 1.33 bits per heavy atom. The highest BCUT2D eigenvalue weighted by Gasteiger charge is 2.12. The number of carbonyl (C=O) groups excluding carboxylic acids is 1. The summed E-state index contributed by atoms with van der Waals surface area (Å²) in [5.74, 6) is -3.66. The van der Waals surface area contributed by atoms with E-state index in [1.807, 2.05) is 0 Å². The zero-order valence-electron chi connectivity index (χ0n) is 15.0. The number of rotatable bonds is 6. The summed E-state index contributed by atoms with van der Waals surface area (Å²) in [5.41, 5.74) is 0. The SMILES string of the molecule is O=C(O)c1ccc(C(=O)O)o1.O=C(O)c1ccc(CO)o1.O=Cc1ccc(CO)o1. The zero-order valence-corrected chi connectivity index (χ0v) is 15.0. The van der Waals surface area contributed by atoms with Crippen molar-refractivity contribution in [2.75, 3.05) is 0 Å². The fourth-order valence-electron chi connectivity index (χ4n) is 1.69. The molecule has 12 heteroatoms. The molecule has 0 aliphatic rings. The molecule has 0 saturated heterocycles. The molecule has 0 bridgehead atoms. The maximum Gasteiger partial charge on any atom is 0.371 e. The van der Waals surface area contributed by atoms with Crippen molar-refractivity contribution in [3.8, 4) is 0 Å². The van der Waals surface area contributed by atoms with Crippen LogP contribution < -0.4 is 0 Å². The van der Waals surface area contributed by atoms with Gasteiger partial charge >= 0.3 is 17.9 Å². The molecule has 0 fully saturated rings. The van der Waals surface area contributed by atoms with E-state index in [1.54, 1.807) is 6.07 Å². The number of carbonyl (C=O) groups is 4. The van der Waals surface area contributed by atoms with Crippen LogP contribution in [0.4, 0.5) is 0 Å². The molecule has 0 saturated carbocycles. The molecular weight excluding hydrogens is 408 g/mol. The van der Waals surface area contributed by atoms with Gasteiger partial charge < -0.3 is 38.8 Å². The number of hydrogen-bond donors (Lipinski definition) is 5. The molecule has 30 heavy (non-hydrogen) atoms. The van der Waals surface area contributed by atoms with Gasteiger partial charge in [-0.2, -0.15) is 0 Å². The molecule has 0 atom stereocenters. The van der Waals surface area contributed by atoms with Crippen molar-refractivity contribution < 1.29 is 58.0 Å². The van der Waals surface area contributed by atoms with E-state index in [9.17, 15) is 19.2 Å². The maximum absolute atomic E-state index is 10.2. The first-order chi connectivity index (χ1) is 14.2. The summed E-state index contributed by atoms with van der Waals surface area (Å²) in [6.07, 6.45) is 0.596. The minimum Gasteiger partial charge on any atom is -0.475 e. The second kappa shape index (κ2) is 11.6. The average molecular weight is 424 g/mol. The third-order valence-electron chi connectivity index (χ3n) is 3.01. The van der Waals surface area contributed by atoms with Crippen LogP contribution >= 0.6 is 0 Å². The lowest BCUT2D eigenvalue weighted by Gasteiger charge is -1.85. The Hall–Kier alpha value is -4.16. The Bertz CT molecular complexity index is 962. The summed E-state index contributed by atoms with van der Waals surface area (Å²) < 4.78 is 13.8. The normalized spacial score (nSPS) is 9.53. The lowest BCUT2D eigenvalue weighted by Crippen LogP contribution is -1.94. The summed E-state index contributed by atoms with van der Waals surface area (Å²) in [4.78, 5) is 40.4. The predicted octanol–water partition coefficient (Wildman–Crippen LogP) is 1.73. The zero-order chi connectivity index (χ0) is 22.7. The van der Waals surface area contributed by atoms with Gasteiger partial charge in [0, 0.05) is 0 Å². The van der Waals surface area contributed by atoms with Crippen molar-refractivity contribution in [2.45, 2.75) is 13.2 Å². The Balaban J connectivity index is 0.000000226. The fourth-order valence-corrected chi connectivity index (χ4v) is 1.69. The lowest BCUT2D eigenvalue weighted by atomic mass is 10.4. The summed E-state index contributed by atoms with van der Waals surface area (Å²) in [6, 6.07) is 7.97. The maximum atomic E-state index is 10.2. The van der Waals surface area contributed by atoms with E-state index in [2.05, 4.69) is 8.83 Å². The summed E-state index contributed by atoms with van der Waals surface area (Å²) in [6.45, 7) is -0.429. The summed E-state index contributed by atoms with van der Waals surface area (Å²) in [5, 5.41) is 41.8. The number of carboxylic acid groups (broad SMARTS) is 3. The third kappa shape index (κ3) is 7.46.